The summed E-state index contributed by atoms with van der Waals surface area (Å²) < 4.78 is 0. The summed E-state index contributed by atoms with van der Waals surface area (Å²) in [4.78, 5) is 25.6. The van der Waals surface area contributed by atoms with Crippen molar-refractivity contribution in [3.8, 4) is 0 Å². The standard InChI is InChI=1S/C14H22N4O3/c1-5-15-12-8-11(6-7-13(12)18(20)21)9-17(4)10-14(19)16(2)3/h6-8,15H,5,9-10H2,1-4H3. The van der Waals surface area contributed by atoms with E-state index < -0.39 is 4.92 Å². The number of amides is 1. The minimum absolute atomic E-state index is 0.0197. The molecule has 7 nitrogen and oxygen atoms in total. The van der Waals surface area contributed by atoms with Crippen LogP contribution in [0.25, 0.3) is 0 Å². The van der Waals surface area contributed by atoms with Crippen LogP contribution in [-0.4, -0.2) is 54.9 Å². The molecule has 0 unspecified atom stereocenters. The van der Waals surface area contributed by atoms with Crippen molar-refractivity contribution in [2.24, 2.45) is 0 Å². The molecular weight excluding hydrogens is 272 g/mol. The SMILES string of the molecule is CCNc1cc(CN(C)CC(=O)N(C)C)ccc1[N+](=O)[O-]. The first-order chi connectivity index (χ1) is 9.85. The van der Waals surface area contributed by atoms with Crippen molar-refractivity contribution >= 4 is 17.3 Å². The summed E-state index contributed by atoms with van der Waals surface area (Å²) in [6.07, 6.45) is 0. The maximum Gasteiger partial charge on any atom is 0.292 e. The Morgan fingerprint density at radius 1 is 1.33 bits per heavy atom. The van der Waals surface area contributed by atoms with Crippen LogP contribution in [0.2, 0.25) is 0 Å². The average Bonchev–Trinajstić information content (AvgIpc) is 2.38. The number of benzene rings is 1. The van der Waals surface area contributed by atoms with Gasteiger partial charge in [-0.05, 0) is 25.6 Å². The van der Waals surface area contributed by atoms with Crippen LogP contribution in [-0.2, 0) is 11.3 Å². The first-order valence-corrected chi connectivity index (χ1v) is 6.75. The van der Waals surface area contributed by atoms with Gasteiger partial charge in [0.2, 0.25) is 5.91 Å². The highest BCUT2D eigenvalue weighted by Gasteiger charge is 2.15. The first kappa shape index (κ1) is 16.9. The molecule has 0 radical (unpaired) electrons. The Labute approximate surface area is 124 Å². The molecule has 0 saturated carbocycles. The van der Waals surface area contributed by atoms with Gasteiger partial charge >= 0.3 is 0 Å². The number of anilines is 1. The van der Waals surface area contributed by atoms with Gasteiger partial charge in [-0.3, -0.25) is 19.8 Å². The van der Waals surface area contributed by atoms with Gasteiger partial charge in [0.25, 0.3) is 5.69 Å². The molecule has 0 heterocycles. The van der Waals surface area contributed by atoms with Crippen LogP contribution in [0.3, 0.4) is 0 Å². The Morgan fingerprint density at radius 2 is 2.00 bits per heavy atom. The van der Waals surface area contributed by atoms with E-state index in [1.165, 1.54) is 11.0 Å². The highest BCUT2D eigenvalue weighted by atomic mass is 16.6. The Morgan fingerprint density at radius 3 is 2.52 bits per heavy atom. The van der Waals surface area contributed by atoms with Gasteiger partial charge < -0.3 is 10.2 Å². The van der Waals surface area contributed by atoms with Crippen LogP contribution >= 0.6 is 0 Å². The summed E-state index contributed by atoms with van der Waals surface area (Å²) in [5.74, 6) is 0.0197. The average molecular weight is 294 g/mol. The third-order valence-corrected chi connectivity index (χ3v) is 2.98. The van der Waals surface area contributed by atoms with E-state index in [4.69, 9.17) is 0 Å². The van der Waals surface area contributed by atoms with Crippen LogP contribution in [0.15, 0.2) is 18.2 Å². The third kappa shape index (κ3) is 5.03. The normalized spacial score (nSPS) is 10.5. The van der Waals surface area contributed by atoms with Crippen molar-refractivity contribution in [1.29, 1.82) is 0 Å². The van der Waals surface area contributed by atoms with E-state index in [1.807, 2.05) is 18.9 Å². The van der Waals surface area contributed by atoms with Gasteiger partial charge in [0.15, 0.2) is 0 Å². The minimum atomic E-state index is -0.402. The van der Waals surface area contributed by atoms with Crippen LogP contribution in [0, 0.1) is 10.1 Å². The van der Waals surface area contributed by atoms with Crippen molar-refractivity contribution in [3.05, 3.63) is 33.9 Å². The fraction of sp³-hybridized carbons (Fsp3) is 0.500. The topological polar surface area (TPSA) is 78.7 Å². The van der Waals surface area contributed by atoms with E-state index in [0.29, 0.717) is 25.3 Å². The van der Waals surface area contributed by atoms with Gasteiger partial charge in [-0.1, -0.05) is 6.07 Å². The summed E-state index contributed by atoms with van der Waals surface area (Å²) in [5, 5.41) is 14.0. The Bertz CT molecular complexity index is 517. The molecule has 21 heavy (non-hydrogen) atoms. The van der Waals surface area contributed by atoms with Crippen LogP contribution in [0.5, 0.6) is 0 Å². The van der Waals surface area contributed by atoms with Crippen molar-refractivity contribution in [2.75, 3.05) is 39.5 Å². The molecule has 0 aliphatic carbocycles. The number of nitrogens with zero attached hydrogens (tertiary/aromatic N) is 3. The van der Waals surface area contributed by atoms with Crippen LogP contribution in [0.4, 0.5) is 11.4 Å². The number of nitro groups is 1. The predicted molar refractivity (Wildman–Crippen MR) is 82.3 cm³/mol. The highest BCUT2D eigenvalue weighted by molar-refractivity contribution is 5.77. The molecule has 0 aliphatic rings. The summed E-state index contributed by atoms with van der Waals surface area (Å²) >= 11 is 0. The zero-order chi connectivity index (χ0) is 16.0. The molecule has 7 heteroatoms. The molecule has 0 aliphatic heterocycles. The monoisotopic (exact) mass is 294 g/mol. The second-order valence-electron chi connectivity index (χ2n) is 5.10. The van der Waals surface area contributed by atoms with Crippen molar-refractivity contribution in [1.82, 2.24) is 9.80 Å². The molecule has 0 bridgehead atoms. The fourth-order valence-corrected chi connectivity index (χ4v) is 1.91. The molecule has 116 valence electrons. The second-order valence-corrected chi connectivity index (χ2v) is 5.10. The maximum atomic E-state index is 11.6. The lowest BCUT2D eigenvalue weighted by Crippen LogP contribution is -2.34. The summed E-state index contributed by atoms with van der Waals surface area (Å²) in [7, 11) is 5.27. The molecule has 0 atom stereocenters. The number of rotatable bonds is 7. The second kappa shape index (κ2) is 7.58. The van der Waals surface area contributed by atoms with E-state index >= 15 is 0 Å². The number of carbonyl (C=O) groups is 1. The first-order valence-electron chi connectivity index (χ1n) is 6.75. The molecule has 1 rings (SSSR count). The fourth-order valence-electron chi connectivity index (χ4n) is 1.91. The van der Waals surface area contributed by atoms with Crippen molar-refractivity contribution in [3.63, 3.8) is 0 Å². The molecule has 0 aromatic heterocycles. The number of nitro benzene ring substituents is 1. The van der Waals surface area contributed by atoms with E-state index in [0.717, 1.165) is 5.56 Å². The van der Waals surface area contributed by atoms with E-state index in [2.05, 4.69) is 5.32 Å². The Kier molecular flexibility index (Phi) is 6.10. The summed E-state index contributed by atoms with van der Waals surface area (Å²) in [6, 6.07) is 4.98. The van der Waals surface area contributed by atoms with Crippen molar-refractivity contribution < 1.29 is 9.72 Å². The lowest BCUT2D eigenvalue weighted by atomic mass is 10.1. The molecule has 0 spiro atoms. The Hall–Kier alpha value is -2.15. The van der Waals surface area contributed by atoms with Gasteiger partial charge in [0.1, 0.15) is 5.69 Å². The smallest absolute Gasteiger partial charge is 0.292 e. The molecule has 1 aromatic carbocycles. The van der Waals surface area contributed by atoms with Gasteiger partial charge in [-0.25, -0.2) is 0 Å². The van der Waals surface area contributed by atoms with Crippen LogP contribution < -0.4 is 5.32 Å². The molecule has 0 saturated heterocycles. The lowest BCUT2D eigenvalue weighted by Gasteiger charge is -2.19. The van der Waals surface area contributed by atoms with Gasteiger partial charge in [0, 0.05) is 33.3 Å². The molecule has 1 amide bonds. The zero-order valence-electron chi connectivity index (χ0n) is 12.9. The molecule has 1 N–H and O–H groups in total. The molecule has 0 fully saturated rings. The summed E-state index contributed by atoms with van der Waals surface area (Å²) in [6.45, 7) is 3.36. The number of likely N-dealkylation sites (N-methyl/N-ethyl adjacent to an activating group) is 2. The molecule has 1 aromatic rings. The number of nitrogens with one attached hydrogen (secondary N) is 1. The maximum absolute atomic E-state index is 11.6. The largest absolute Gasteiger partial charge is 0.380 e. The predicted octanol–water partition coefficient (Wildman–Crippen LogP) is 1.55. The lowest BCUT2D eigenvalue weighted by molar-refractivity contribution is -0.384. The Balaban J connectivity index is 2.82. The quantitative estimate of drug-likeness (QED) is 0.609. The van der Waals surface area contributed by atoms with Gasteiger partial charge in [-0.15, -0.1) is 0 Å². The van der Waals surface area contributed by atoms with Crippen molar-refractivity contribution in [2.45, 2.75) is 13.5 Å². The zero-order valence-corrected chi connectivity index (χ0v) is 12.9. The van der Waals surface area contributed by atoms with Gasteiger partial charge in [-0.2, -0.15) is 0 Å². The van der Waals surface area contributed by atoms with Gasteiger partial charge in [0.05, 0.1) is 11.5 Å². The third-order valence-electron chi connectivity index (χ3n) is 2.98. The number of hydrogen-bond donors (Lipinski definition) is 1. The van der Waals surface area contributed by atoms with Crippen LogP contribution in [0.1, 0.15) is 12.5 Å². The minimum Gasteiger partial charge on any atom is -0.380 e. The summed E-state index contributed by atoms with van der Waals surface area (Å²) in [5.41, 5.74) is 1.49. The number of carbonyl (C=O) groups excluding carboxylic acids is 1. The van der Waals surface area contributed by atoms with E-state index in [-0.39, 0.29) is 11.6 Å². The number of hydrogen-bond acceptors (Lipinski definition) is 5. The highest BCUT2D eigenvalue weighted by Crippen LogP contribution is 2.25. The van der Waals surface area contributed by atoms with E-state index in [9.17, 15) is 14.9 Å². The molecular formula is C14H22N4O3. The van der Waals surface area contributed by atoms with E-state index in [1.54, 1.807) is 26.2 Å².